The van der Waals surface area contributed by atoms with Crippen molar-refractivity contribution in [3.8, 4) is 23.0 Å². The summed E-state index contributed by atoms with van der Waals surface area (Å²) in [6.07, 6.45) is 0. The van der Waals surface area contributed by atoms with Crippen LogP contribution in [0.3, 0.4) is 0 Å². The Kier molecular flexibility index (Phi) is 8.22. The predicted molar refractivity (Wildman–Crippen MR) is 165 cm³/mol. The number of methoxy groups -OCH3 is 4. The predicted octanol–water partition coefficient (Wildman–Crippen LogP) is 6.26. The van der Waals surface area contributed by atoms with Crippen LogP contribution in [0.4, 0.5) is 0 Å². The summed E-state index contributed by atoms with van der Waals surface area (Å²) < 4.78 is 23.5. The fourth-order valence-corrected chi connectivity index (χ4v) is 7.05. The van der Waals surface area contributed by atoms with Gasteiger partial charge in [-0.2, -0.15) is 0 Å². The monoisotopic (exact) mass is 579 g/mol. The number of fused-ring (bicyclic) bond motifs is 2. The van der Waals surface area contributed by atoms with E-state index in [2.05, 4.69) is 40.1 Å². The molecule has 3 N–H and O–H groups in total. The molecule has 0 spiro atoms. The number of nitrogens with zero attached hydrogens (tertiary/aromatic N) is 1. The van der Waals surface area contributed by atoms with Crippen LogP contribution in [-0.2, 0) is 0 Å². The second-order valence-electron chi connectivity index (χ2n) is 10.8. The SMILES string of the molecule is COc1ccccc1C1NC(c2ccccc2OC)C2C(=NO)C1C(c1ccccc1OC)NC2c1ccccc1OC. The minimum Gasteiger partial charge on any atom is -0.496 e. The van der Waals surface area contributed by atoms with E-state index in [1.807, 2.05) is 72.8 Å². The van der Waals surface area contributed by atoms with Gasteiger partial charge in [0.1, 0.15) is 23.0 Å². The average molecular weight is 580 g/mol. The number of rotatable bonds is 8. The molecule has 2 aliphatic heterocycles. The smallest absolute Gasteiger partial charge is 0.123 e. The quantitative estimate of drug-likeness (QED) is 0.168. The molecule has 2 saturated heterocycles. The summed E-state index contributed by atoms with van der Waals surface area (Å²) in [5.74, 6) is 2.39. The summed E-state index contributed by atoms with van der Waals surface area (Å²) in [5, 5.41) is 23.1. The fourth-order valence-electron chi connectivity index (χ4n) is 7.05. The van der Waals surface area contributed by atoms with Gasteiger partial charge in [0.2, 0.25) is 0 Å². The van der Waals surface area contributed by atoms with Crippen molar-refractivity contribution in [1.82, 2.24) is 10.6 Å². The highest BCUT2D eigenvalue weighted by Gasteiger charge is 2.55. The Morgan fingerprint density at radius 2 is 0.721 bits per heavy atom. The van der Waals surface area contributed by atoms with Gasteiger partial charge in [0.05, 0.1) is 34.2 Å². The molecule has 8 nitrogen and oxygen atoms in total. The van der Waals surface area contributed by atoms with Crippen LogP contribution >= 0.6 is 0 Å². The van der Waals surface area contributed by atoms with Crippen molar-refractivity contribution in [3.05, 3.63) is 119 Å². The Morgan fingerprint density at radius 3 is 0.953 bits per heavy atom. The molecule has 2 heterocycles. The first kappa shape index (κ1) is 28.6. The number of ether oxygens (including phenoxy) is 4. The number of hydrogen-bond donors (Lipinski definition) is 3. The summed E-state index contributed by atoms with van der Waals surface area (Å²) in [7, 11) is 6.71. The number of piperidine rings is 2. The van der Waals surface area contributed by atoms with Crippen LogP contribution < -0.4 is 29.6 Å². The molecule has 2 bridgehead atoms. The Morgan fingerprint density at radius 1 is 0.465 bits per heavy atom. The number of nitrogens with one attached hydrogen (secondary N) is 2. The summed E-state index contributed by atoms with van der Waals surface area (Å²) >= 11 is 0. The maximum absolute atomic E-state index is 11.0. The average Bonchev–Trinajstić information content (AvgIpc) is 3.08. The highest BCUT2D eigenvalue weighted by molar-refractivity contribution is 5.94. The molecule has 43 heavy (non-hydrogen) atoms. The minimum atomic E-state index is -0.306. The van der Waals surface area contributed by atoms with Gasteiger partial charge in [-0.1, -0.05) is 78.0 Å². The lowest BCUT2D eigenvalue weighted by atomic mass is 9.63. The normalized spacial score (nSPS) is 24.6. The molecule has 0 amide bonds. The first-order valence-electron chi connectivity index (χ1n) is 14.4. The molecule has 4 aromatic rings. The maximum Gasteiger partial charge on any atom is 0.123 e. The van der Waals surface area contributed by atoms with Crippen LogP contribution in [0.25, 0.3) is 0 Å². The first-order valence-corrected chi connectivity index (χ1v) is 14.4. The van der Waals surface area contributed by atoms with E-state index < -0.39 is 0 Å². The van der Waals surface area contributed by atoms with Crippen molar-refractivity contribution in [2.75, 3.05) is 28.4 Å². The molecular weight excluding hydrogens is 542 g/mol. The number of benzene rings is 4. The molecular formula is C35H37N3O5. The molecule has 0 saturated carbocycles. The van der Waals surface area contributed by atoms with Gasteiger partial charge < -0.3 is 34.8 Å². The standard InChI is InChI=1S/C35H37N3O5/c1-40-25-17-9-5-13-21(25)31-29-32(22-14-6-10-18-26(22)41-2)37-34(24-16-8-12-20-28(24)43-4)30(35(29)38-39)33(36-31)23-15-7-11-19-27(23)42-3/h5-20,29-34,36-37,39H,1-4H3. The minimum absolute atomic E-state index is 0.297. The van der Waals surface area contributed by atoms with Gasteiger partial charge in [0, 0.05) is 58.3 Å². The van der Waals surface area contributed by atoms with Crippen LogP contribution in [0.15, 0.2) is 102 Å². The van der Waals surface area contributed by atoms with E-state index in [1.54, 1.807) is 28.4 Å². The molecule has 2 fully saturated rings. The molecule has 8 heteroatoms. The molecule has 2 aliphatic rings. The molecule has 222 valence electrons. The van der Waals surface area contributed by atoms with Crippen LogP contribution in [0.5, 0.6) is 23.0 Å². The van der Waals surface area contributed by atoms with E-state index in [-0.39, 0.29) is 36.0 Å². The molecule has 4 atom stereocenters. The van der Waals surface area contributed by atoms with Crippen molar-refractivity contribution in [2.24, 2.45) is 17.0 Å². The fraction of sp³-hybridized carbons (Fsp3) is 0.286. The van der Waals surface area contributed by atoms with Crippen LogP contribution in [0.1, 0.15) is 46.4 Å². The third-order valence-corrected chi connectivity index (χ3v) is 8.85. The lowest BCUT2D eigenvalue weighted by Crippen LogP contribution is -2.60. The highest BCUT2D eigenvalue weighted by atomic mass is 16.5. The molecule has 0 radical (unpaired) electrons. The van der Waals surface area contributed by atoms with E-state index >= 15 is 0 Å². The Hall–Kier alpha value is -4.53. The Balaban J connectivity index is 1.63. The maximum atomic E-state index is 11.0. The molecule has 6 rings (SSSR count). The van der Waals surface area contributed by atoms with Crippen molar-refractivity contribution in [2.45, 2.75) is 24.2 Å². The van der Waals surface area contributed by atoms with Gasteiger partial charge >= 0.3 is 0 Å². The van der Waals surface area contributed by atoms with E-state index in [9.17, 15) is 5.21 Å². The zero-order valence-electron chi connectivity index (χ0n) is 24.7. The number of oxime groups is 1. The first-order chi connectivity index (χ1) is 21.1. The summed E-state index contributed by atoms with van der Waals surface area (Å²) in [6, 6.07) is 30.8. The summed E-state index contributed by atoms with van der Waals surface area (Å²) in [6.45, 7) is 0. The van der Waals surface area contributed by atoms with Crippen molar-refractivity contribution < 1.29 is 24.2 Å². The second kappa shape index (κ2) is 12.4. The highest BCUT2D eigenvalue weighted by Crippen LogP contribution is 2.55. The number of hydrogen-bond acceptors (Lipinski definition) is 8. The van der Waals surface area contributed by atoms with Crippen LogP contribution in [0.2, 0.25) is 0 Å². The van der Waals surface area contributed by atoms with Crippen LogP contribution in [-0.4, -0.2) is 39.4 Å². The van der Waals surface area contributed by atoms with Crippen LogP contribution in [0, 0.1) is 11.8 Å². The van der Waals surface area contributed by atoms with Crippen molar-refractivity contribution in [3.63, 3.8) is 0 Å². The van der Waals surface area contributed by atoms with Gasteiger partial charge in [-0.05, 0) is 24.3 Å². The van der Waals surface area contributed by atoms with Gasteiger partial charge in [0.25, 0.3) is 0 Å². The van der Waals surface area contributed by atoms with E-state index in [0.29, 0.717) is 5.71 Å². The second-order valence-corrected chi connectivity index (χ2v) is 10.8. The van der Waals surface area contributed by atoms with Crippen molar-refractivity contribution in [1.29, 1.82) is 0 Å². The largest absolute Gasteiger partial charge is 0.496 e. The number of para-hydroxylation sites is 4. The molecule has 0 aliphatic carbocycles. The molecule has 4 unspecified atom stereocenters. The third-order valence-electron chi connectivity index (χ3n) is 8.85. The van der Waals surface area contributed by atoms with Crippen molar-refractivity contribution >= 4 is 5.71 Å². The molecule has 0 aromatic heterocycles. The third kappa shape index (κ3) is 4.96. The van der Waals surface area contributed by atoms with Gasteiger partial charge in [-0.25, -0.2) is 0 Å². The lowest BCUT2D eigenvalue weighted by molar-refractivity contribution is 0.143. The van der Waals surface area contributed by atoms with Gasteiger partial charge in [-0.15, -0.1) is 0 Å². The topological polar surface area (TPSA) is 93.6 Å². The van der Waals surface area contributed by atoms with E-state index in [0.717, 1.165) is 45.3 Å². The Bertz CT molecular complexity index is 1390. The van der Waals surface area contributed by atoms with E-state index in [4.69, 9.17) is 18.9 Å². The summed E-state index contributed by atoms with van der Waals surface area (Å²) in [5.41, 5.74) is 4.54. The molecule has 4 aromatic carbocycles. The summed E-state index contributed by atoms with van der Waals surface area (Å²) in [4.78, 5) is 0. The lowest BCUT2D eigenvalue weighted by Gasteiger charge is -2.54. The van der Waals surface area contributed by atoms with Gasteiger partial charge in [0.15, 0.2) is 0 Å². The van der Waals surface area contributed by atoms with E-state index in [1.165, 1.54) is 0 Å². The zero-order valence-corrected chi connectivity index (χ0v) is 24.7. The van der Waals surface area contributed by atoms with Gasteiger partial charge in [-0.3, -0.25) is 0 Å². The Labute approximate surface area is 252 Å². The zero-order chi connectivity index (χ0) is 29.9.